The van der Waals surface area contributed by atoms with Gasteiger partial charge in [-0.25, -0.2) is 4.98 Å². The molecule has 30 heavy (non-hydrogen) atoms. The molecule has 1 aliphatic rings. The lowest BCUT2D eigenvalue weighted by Crippen LogP contribution is -2.51. The van der Waals surface area contributed by atoms with Crippen molar-refractivity contribution in [2.24, 2.45) is 5.73 Å². The molecule has 1 saturated heterocycles. The Balaban J connectivity index is 0.00000225. The van der Waals surface area contributed by atoms with E-state index in [4.69, 9.17) is 11.5 Å². The first-order chi connectivity index (χ1) is 13.4. The average molecular weight is 454 g/mol. The number of nitrogens with zero attached hydrogens (tertiary/aromatic N) is 2. The largest absolute Gasteiger partial charge is 0.384 e. The lowest BCUT2D eigenvalue weighted by atomic mass is 9.96. The third-order valence-corrected chi connectivity index (χ3v) is 5.49. The third-order valence-electron chi connectivity index (χ3n) is 5.49. The maximum atomic E-state index is 12.7. The van der Waals surface area contributed by atoms with Crippen molar-refractivity contribution < 1.29 is 9.59 Å². The molecular formula is C21H29Cl2N5O2. The van der Waals surface area contributed by atoms with E-state index >= 15 is 0 Å². The molecule has 1 aromatic carbocycles. The lowest BCUT2D eigenvalue weighted by Gasteiger charge is -2.28. The van der Waals surface area contributed by atoms with Crippen LogP contribution in [0.25, 0.3) is 0 Å². The number of nitrogen functional groups attached to an aromatic ring is 1. The first kappa shape index (κ1) is 25.7. The van der Waals surface area contributed by atoms with Crippen molar-refractivity contribution in [2.75, 3.05) is 12.3 Å². The van der Waals surface area contributed by atoms with Crippen LogP contribution < -0.4 is 16.8 Å². The van der Waals surface area contributed by atoms with Gasteiger partial charge in [0.2, 0.25) is 11.8 Å². The Bertz CT molecular complexity index is 866. The number of benzene rings is 1. The molecule has 1 aliphatic heterocycles. The molecule has 0 aliphatic carbocycles. The van der Waals surface area contributed by atoms with Crippen LogP contribution >= 0.6 is 24.8 Å². The topological polar surface area (TPSA) is 114 Å². The number of aryl methyl sites for hydroxylation is 1. The number of hydrogen-bond donors (Lipinski definition) is 3. The summed E-state index contributed by atoms with van der Waals surface area (Å²) in [7, 11) is 0. The summed E-state index contributed by atoms with van der Waals surface area (Å²) in [5.74, 6) is 0.0969. The van der Waals surface area contributed by atoms with E-state index in [0.29, 0.717) is 25.3 Å². The summed E-state index contributed by atoms with van der Waals surface area (Å²) < 4.78 is 0. The summed E-state index contributed by atoms with van der Waals surface area (Å²) >= 11 is 0. The zero-order valence-corrected chi connectivity index (χ0v) is 18.7. The molecule has 0 bridgehead atoms. The van der Waals surface area contributed by atoms with Crippen LogP contribution in [-0.2, 0) is 16.1 Å². The van der Waals surface area contributed by atoms with Gasteiger partial charge in [0.25, 0.3) is 0 Å². The highest BCUT2D eigenvalue weighted by Gasteiger charge is 2.40. The summed E-state index contributed by atoms with van der Waals surface area (Å²) in [4.78, 5) is 30.9. The Labute approximate surface area is 189 Å². The van der Waals surface area contributed by atoms with Crippen molar-refractivity contribution >= 4 is 42.4 Å². The number of carbonyl (C=O) groups excluding carboxylic acids is 2. The van der Waals surface area contributed by atoms with E-state index in [1.165, 1.54) is 0 Å². The molecule has 0 radical (unpaired) electrons. The number of aromatic nitrogens is 1. The SMILES string of the molecule is Cc1nc(N)ccc1CNC(=O)[C@H](C)N1CC(c2ccccc2)CC1C(N)=O.Cl.Cl. The predicted molar refractivity (Wildman–Crippen MR) is 123 cm³/mol. The van der Waals surface area contributed by atoms with E-state index in [9.17, 15) is 9.59 Å². The number of halogens is 2. The fraction of sp³-hybridized carbons (Fsp3) is 0.381. The van der Waals surface area contributed by atoms with Gasteiger partial charge in [-0.15, -0.1) is 24.8 Å². The summed E-state index contributed by atoms with van der Waals surface area (Å²) in [5, 5.41) is 2.94. The molecule has 3 atom stereocenters. The van der Waals surface area contributed by atoms with Crippen LogP contribution in [0.5, 0.6) is 0 Å². The highest BCUT2D eigenvalue weighted by molar-refractivity contribution is 5.86. The van der Waals surface area contributed by atoms with Gasteiger partial charge >= 0.3 is 0 Å². The second-order valence-electron chi connectivity index (χ2n) is 7.33. The van der Waals surface area contributed by atoms with Crippen LogP contribution in [0.2, 0.25) is 0 Å². The molecule has 2 heterocycles. The van der Waals surface area contributed by atoms with Crippen molar-refractivity contribution in [3.63, 3.8) is 0 Å². The Morgan fingerprint density at radius 1 is 1.20 bits per heavy atom. The molecule has 5 N–H and O–H groups in total. The number of hydrogen-bond acceptors (Lipinski definition) is 5. The van der Waals surface area contributed by atoms with Gasteiger partial charge in [-0.3, -0.25) is 14.5 Å². The Morgan fingerprint density at radius 2 is 1.87 bits per heavy atom. The highest BCUT2D eigenvalue weighted by Crippen LogP contribution is 2.33. The maximum absolute atomic E-state index is 12.7. The van der Waals surface area contributed by atoms with E-state index in [2.05, 4.69) is 10.3 Å². The van der Waals surface area contributed by atoms with Crippen LogP contribution in [0.15, 0.2) is 42.5 Å². The van der Waals surface area contributed by atoms with Crippen LogP contribution in [0.3, 0.4) is 0 Å². The standard InChI is InChI=1S/C21H27N5O2.2ClH/c1-13-16(8-9-19(22)25-13)11-24-21(28)14(2)26-12-17(10-18(26)20(23)27)15-6-4-3-5-7-15;;/h3-9,14,17-18H,10-12H2,1-2H3,(H2,22,25)(H2,23,27)(H,24,28);2*1H/t14-,17?,18?;;/m0../s1. The normalized spacial score (nSPS) is 19.3. The number of nitrogens with two attached hydrogens (primary N) is 2. The van der Waals surface area contributed by atoms with Gasteiger partial charge in [0.05, 0.1) is 12.1 Å². The molecule has 2 amide bonds. The third kappa shape index (κ3) is 5.84. The number of anilines is 1. The molecule has 2 unspecified atom stereocenters. The number of primary amides is 1. The predicted octanol–water partition coefficient (Wildman–Crippen LogP) is 2.16. The fourth-order valence-corrected chi connectivity index (χ4v) is 3.81. The van der Waals surface area contributed by atoms with Crippen LogP contribution in [0.1, 0.15) is 36.1 Å². The number of pyridine rings is 1. The van der Waals surface area contributed by atoms with Gasteiger partial charge in [-0.05, 0) is 43.4 Å². The van der Waals surface area contributed by atoms with Gasteiger partial charge in [0, 0.05) is 18.8 Å². The van der Waals surface area contributed by atoms with Crippen molar-refractivity contribution in [1.82, 2.24) is 15.2 Å². The van der Waals surface area contributed by atoms with Crippen molar-refractivity contribution in [3.8, 4) is 0 Å². The summed E-state index contributed by atoms with van der Waals surface area (Å²) in [5.41, 5.74) is 14.2. The number of nitrogens with one attached hydrogen (secondary N) is 1. The summed E-state index contributed by atoms with van der Waals surface area (Å²) in [6.45, 7) is 4.65. The van der Waals surface area contributed by atoms with Gasteiger partial charge in [-0.2, -0.15) is 0 Å². The van der Waals surface area contributed by atoms with Gasteiger partial charge in [-0.1, -0.05) is 36.4 Å². The minimum atomic E-state index is -0.465. The van der Waals surface area contributed by atoms with E-state index in [1.807, 2.05) is 55.1 Å². The highest BCUT2D eigenvalue weighted by atomic mass is 35.5. The monoisotopic (exact) mass is 453 g/mol. The average Bonchev–Trinajstić information content (AvgIpc) is 3.13. The molecule has 1 aromatic heterocycles. The minimum Gasteiger partial charge on any atom is -0.384 e. The smallest absolute Gasteiger partial charge is 0.237 e. The van der Waals surface area contributed by atoms with Gasteiger partial charge in [0.15, 0.2) is 0 Å². The van der Waals surface area contributed by atoms with E-state index < -0.39 is 18.0 Å². The van der Waals surface area contributed by atoms with E-state index in [-0.39, 0.29) is 36.6 Å². The van der Waals surface area contributed by atoms with E-state index in [1.54, 1.807) is 6.07 Å². The van der Waals surface area contributed by atoms with Crippen LogP contribution in [0.4, 0.5) is 5.82 Å². The van der Waals surface area contributed by atoms with Crippen molar-refractivity contribution in [1.29, 1.82) is 0 Å². The molecule has 3 rings (SSSR count). The Morgan fingerprint density at radius 3 is 2.47 bits per heavy atom. The van der Waals surface area contributed by atoms with Crippen LogP contribution in [-0.4, -0.2) is 40.3 Å². The minimum absolute atomic E-state index is 0. The first-order valence-electron chi connectivity index (χ1n) is 9.46. The molecule has 9 heteroatoms. The number of amides is 2. The molecule has 0 saturated carbocycles. The second-order valence-corrected chi connectivity index (χ2v) is 7.33. The zero-order chi connectivity index (χ0) is 20.3. The van der Waals surface area contributed by atoms with E-state index in [0.717, 1.165) is 16.8 Å². The number of likely N-dealkylation sites (tertiary alicyclic amines) is 1. The zero-order valence-electron chi connectivity index (χ0n) is 17.1. The molecule has 164 valence electrons. The van der Waals surface area contributed by atoms with Crippen molar-refractivity contribution in [2.45, 2.75) is 44.8 Å². The summed E-state index contributed by atoms with van der Waals surface area (Å²) in [6.07, 6.45) is 0.623. The molecule has 1 fully saturated rings. The molecule has 2 aromatic rings. The summed E-state index contributed by atoms with van der Waals surface area (Å²) in [6, 6.07) is 12.7. The van der Waals surface area contributed by atoms with Crippen LogP contribution in [0, 0.1) is 6.92 Å². The molecule has 7 nitrogen and oxygen atoms in total. The van der Waals surface area contributed by atoms with Gasteiger partial charge < -0.3 is 16.8 Å². The van der Waals surface area contributed by atoms with Gasteiger partial charge in [0.1, 0.15) is 5.82 Å². The quantitative estimate of drug-likeness (QED) is 0.619. The number of carbonyl (C=O) groups is 2. The molecular weight excluding hydrogens is 425 g/mol. The first-order valence-corrected chi connectivity index (χ1v) is 9.46. The lowest BCUT2D eigenvalue weighted by molar-refractivity contribution is -0.129. The Hall–Kier alpha value is -2.35. The van der Waals surface area contributed by atoms with Crippen molar-refractivity contribution in [3.05, 3.63) is 59.3 Å². The maximum Gasteiger partial charge on any atom is 0.237 e. The number of rotatable bonds is 6. The Kier molecular flexibility index (Phi) is 9.55. The second kappa shape index (κ2) is 11.2. The molecule has 0 spiro atoms. The fourth-order valence-electron chi connectivity index (χ4n) is 3.81.